The lowest BCUT2D eigenvalue weighted by molar-refractivity contribution is -0.128. The molecule has 0 bridgehead atoms. The van der Waals surface area contributed by atoms with E-state index in [2.05, 4.69) is 27.1 Å². The summed E-state index contributed by atoms with van der Waals surface area (Å²) in [5.74, 6) is 0.255. The number of nitrogens with zero attached hydrogens (tertiary/aromatic N) is 2. The Balaban J connectivity index is 1.41. The zero-order valence-electron chi connectivity index (χ0n) is 17.0. The average molecular weight is 430 g/mol. The molecule has 1 saturated carbocycles. The molecule has 8 nitrogen and oxygen atoms in total. The number of hydrazine groups is 1. The van der Waals surface area contributed by atoms with Crippen LogP contribution in [-0.4, -0.2) is 49.4 Å². The first-order valence-electron chi connectivity index (χ1n) is 10.7. The summed E-state index contributed by atoms with van der Waals surface area (Å²) in [5, 5.41) is 17.5. The number of hydrogen-bond acceptors (Lipinski definition) is 7. The van der Waals surface area contributed by atoms with Crippen molar-refractivity contribution in [1.82, 2.24) is 15.8 Å². The van der Waals surface area contributed by atoms with Crippen molar-refractivity contribution in [3.8, 4) is 6.07 Å². The number of carbonyl (C=O) groups is 1. The second-order valence-corrected chi connectivity index (χ2v) is 11.3. The normalized spacial score (nSPS) is 33.3. The molecule has 1 aromatic carbocycles. The van der Waals surface area contributed by atoms with Gasteiger partial charge in [-0.1, -0.05) is 0 Å². The van der Waals surface area contributed by atoms with Gasteiger partial charge in [-0.15, -0.1) is 0 Å². The van der Waals surface area contributed by atoms with Crippen molar-refractivity contribution in [3.05, 3.63) is 23.8 Å². The van der Waals surface area contributed by atoms with Gasteiger partial charge in [0.1, 0.15) is 6.17 Å². The van der Waals surface area contributed by atoms with Crippen molar-refractivity contribution < 1.29 is 13.2 Å². The molecule has 2 saturated heterocycles. The van der Waals surface area contributed by atoms with Crippen LogP contribution in [0.4, 0.5) is 5.69 Å². The topological polar surface area (TPSA) is 114 Å². The van der Waals surface area contributed by atoms with Gasteiger partial charge in [0.05, 0.1) is 28.6 Å². The van der Waals surface area contributed by atoms with E-state index in [0.717, 1.165) is 30.5 Å². The number of piperidine rings is 1. The van der Waals surface area contributed by atoms with E-state index in [9.17, 15) is 18.5 Å². The second kappa shape index (κ2) is 7.22. The summed E-state index contributed by atoms with van der Waals surface area (Å²) >= 11 is 0. The highest BCUT2D eigenvalue weighted by molar-refractivity contribution is 7.92. The molecular weight excluding hydrogens is 402 g/mol. The average Bonchev–Trinajstić information content (AvgIpc) is 3.44. The van der Waals surface area contributed by atoms with Crippen LogP contribution in [0.15, 0.2) is 23.1 Å². The largest absolute Gasteiger partial charge is 0.368 e. The number of carbonyl (C=O) groups excluding carboxylic acids is 1. The van der Waals surface area contributed by atoms with E-state index in [1.54, 1.807) is 19.1 Å². The van der Waals surface area contributed by atoms with Gasteiger partial charge in [-0.25, -0.2) is 18.9 Å². The van der Waals surface area contributed by atoms with Crippen LogP contribution in [0.3, 0.4) is 0 Å². The maximum atomic E-state index is 12.7. The molecule has 160 valence electrons. The first-order valence-corrected chi connectivity index (χ1v) is 12.3. The number of fused-ring (bicyclic) bond motifs is 2. The van der Waals surface area contributed by atoms with E-state index in [-0.39, 0.29) is 30.1 Å². The van der Waals surface area contributed by atoms with E-state index in [1.165, 1.54) is 0 Å². The number of rotatable bonds is 5. The molecule has 4 aliphatic rings. The Morgan fingerprint density at radius 2 is 2.13 bits per heavy atom. The third kappa shape index (κ3) is 3.18. The summed E-state index contributed by atoms with van der Waals surface area (Å²) in [7, 11) is -3.23. The molecule has 5 atom stereocenters. The second-order valence-electron chi connectivity index (χ2n) is 8.98. The first kappa shape index (κ1) is 19.8. The quantitative estimate of drug-likeness (QED) is 0.643. The Kier molecular flexibility index (Phi) is 4.76. The SMILES string of the molecule is CC1Cc2cc(NC3NN([C@@H](CC#N)C4CC4)C4CCNC(=O)C34)ccc2S1(=O)=O. The molecule has 30 heavy (non-hydrogen) atoms. The highest BCUT2D eigenvalue weighted by Crippen LogP contribution is 2.41. The Morgan fingerprint density at radius 3 is 2.87 bits per heavy atom. The van der Waals surface area contributed by atoms with Gasteiger partial charge in [0.2, 0.25) is 5.91 Å². The van der Waals surface area contributed by atoms with Crippen molar-refractivity contribution in [3.63, 3.8) is 0 Å². The Hall–Kier alpha value is -2.15. The third-order valence-electron chi connectivity index (χ3n) is 7.01. The summed E-state index contributed by atoms with van der Waals surface area (Å²) in [4.78, 5) is 13.2. The molecule has 3 heterocycles. The molecule has 1 amide bonds. The van der Waals surface area contributed by atoms with Gasteiger partial charge in [0, 0.05) is 24.3 Å². The molecule has 3 aliphatic heterocycles. The van der Waals surface area contributed by atoms with Crippen molar-refractivity contribution in [2.75, 3.05) is 11.9 Å². The maximum absolute atomic E-state index is 12.7. The Morgan fingerprint density at radius 1 is 1.33 bits per heavy atom. The van der Waals surface area contributed by atoms with Crippen LogP contribution < -0.4 is 16.1 Å². The standard InChI is InChI=1S/C21H27N5O3S/c1-12-10-14-11-15(4-5-18(14)30(12,28)29)24-20-19-17(7-9-23-21(19)27)26(25-20)16(6-8-22)13-2-3-13/h4-5,11-13,16-17,19-20,24-25H,2-3,6-7,9-10H2,1H3,(H,23,27)/t12?,16-,17?,19?,20?/m0/s1. The third-order valence-corrected chi connectivity index (χ3v) is 9.25. The molecule has 1 aromatic rings. The van der Waals surface area contributed by atoms with Gasteiger partial charge < -0.3 is 10.6 Å². The van der Waals surface area contributed by atoms with Crippen molar-refractivity contribution in [1.29, 1.82) is 5.26 Å². The van der Waals surface area contributed by atoms with Gasteiger partial charge in [0.25, 0.3) is 0 Å². The van der Waals surface area contributed by atoms with Gasteiger partial charge in [-0.3, -0.25) is 4.79 Å². The van der Waals surface area contributed by atoms with Gasteiger partial charge >= 0.3 is 0 Å². The van der Waals surface area contributed by atoms with Crippen LogP contribution in [0, 0.1) is 23.2 Å². The van der Waals surface area contributed by atoms with E-state index < -0.39 is 15.1 Å². The van der Waals surface area contributed by atoms with Crippen LogP contribution in [0.2, 0.25) is 0 Å². The molecule has 3 fully saturated rings. The number of nitriles is 1. The fourth-order valence-electron chi connectivity index (χ4n) is 5.29. The number of amides is 1. The van der Waals surface area contributed by atoms with Gasteiger partial charge in [-0.2, -0.15) is 5.26 Å². The first-order chi connectivity index (χ1) is 14.4. The van der Waals surface area contributed by atoms with Crippen LogP contribution >= 0.6 is 0 Å². The maximum Gasteiger partial charge on any atom is 0.228 e. The lowest BCUT2D eigenvalue weighted by atomic mass is 9.90. The van der Waals surface area contributed by atoms with Crippen molar-refractivity contribution in [2.45, 2.75) is 67.4 Å². The molecule has 0 radical (unpaired) electrons. The minimum Gasteiger partial charge on any atom is -0.368 e. The highest BCUT2D eigenvalue weighted by atomic mass is 32.2. The lowest BCUT2D eigenvalue weighted by Gasteiger charge is -2.34. The molecule has 5 rings (SSSR count). The zero-order valence-corrected chi connectivity index (χ0v) is 17.8. The fourth-order valence-corrected chi connectivity index (χ4v) is 6.89. The molecular formula is C21H27N5O3S. The number of sulfone groups is 1. The van der Waals surface area contributed by atoms with Crippen LogP contribution in [-0.2, 0) is 21.1 Å². The smallest absolute Gasteiger partial charge is 0.228 e. The minimum atomic E-state index is -3.23. The minimum absolute atomic E-state index is 0.0163. The molecule has 0 spiro atoms. The molecule has 3 N–H and O–H groups in total. The predicted octanol–water partition coefficient (Wildman–Crippen LogP) is 1.16. The monoisotopic (exact) mass is 429 g/mol. The molecule has 1 aliphatic carbocycles. The fraction of sp³-hybridized carbons (Fsp3) is 0.619. The Bertz CT molecular complexity index is 1020. The van der Waals surface area contributed by atoms with Crippen LogP contribution in [0.25, 0.3) is 0 Å². The van der Waals surface area contributed by atoms with Crippen molar-refractivity contribution in [2.24, 2.45) is 11.8 Å². The number of hydrogen-bond donors (Lipinski definition) is 3. The van der Waals surface area contributed by atoms with E-state index >= 15 is 0 Å². The lowest BCUT2D eigenvalue weighted by Crippen LogP contribution is -2.52. The summed E-state index contributed by atoms with van der Waals surface area (Å²) in [6.07, 6.45) is 3.76. The summed E-state index contributed by atoms with van der Waals surface area (Å²) in [6, 6.07) is 7.82. The number of anilines is 1. The number of nitrogens with one attached hydrogen (secondary N) is 3. The zero-order chi connectivity index (χ0) is 21.0. The predicted molar refractivity (Wildman–Crippen MR) is 111 cm³/mol. The van der Waals surface area contributed by atoms with Gasteiger partial charge in [0.15, 0.2) is 9.84 Å². The van der Waals surface area contributed by atoms with E-state index in [4.69, 9.17) is 0 Å². The molecule has 0 aromatic heterocycles. The molecule has 9 heteroatoms. The van der Waals surface area contributed by atoms with Crippen LogP contribution in [0.5, 0.6) is 0 Å². The summed E-state index contributed by atoms with van der Waals surface area (Å²) < 4.78 is 24.8. The highest BCUT2D eigenvalue weighted by Gasteiger charge is 2.52. The van der Waals surface area contributed by atoms with Gasteiger partial charge in [-0.05, 0) is 62.3 Å². The summed E-state index contributed by atoms with van der Waals surface area (Å²) in [6.45, 7) is 2.38. The number of benzene rings is 1. The van der Waals surface area contributed by atoms with Crippen LogP contribution in [0.1, 0.15) is 38.2 Å². The summed E-state index contributed by atoms with van der Waals surface area (Å²) in [5.41, 5.74) is 5.13. The Labute approximate surface area is 176 Å². The molecule has 4 unspecified atom stereocenters. The van der Waals surface area contributed by atoms with E-state index in [0.29, 0.717) is 30.2 Å². The van der Waals surface area contributed by atoms with E-state index in [1.807, 2.05) is 6.07 Å². The van der Waals surface area contributed by atoms with Crippen molar-refractivity contribution >= 4 is 21.4 Å².